The van der Waals surface area contributed by atoms with Crippen LogP contribution in [0.15, 0.2) is 23.1 Å². The van der Waals surface area contributed by atoms with Gasteiger partial charge in [-0.1, -0.05) is 23.8 Å². The largest absolute Gasteiger partial charge is 0.504 e. The molecule has 0 aliphatic heterocycles. The predicted molar refractivity (Wildman–Crippen MR) is 73.1 cm³/mol. The van der Waals surface area contributed by atoms with Crippen LogP contribution in [0.25, 0.3) is 5.65 Å². The molecule has 0 bridgehead atoms. The van der Waals surface area contributed by atoms with Crippen molar-refractivity contribution in [2.24, 2.45) is 0 Å². The minimum absolute atomic E-state index is 0.121. The topological polar surface area (TPSA) is 54.6 Å². The number of thiocarbonyl (C=S) groups is 1. The van der Waals surface area contributed by atoms with Crippen molar-refractivity contribution in [2.75, 3.05) is 0 Å². The molecule has 7 heteroatoms. The second-order valence-corrected chi connectivity index (χ2v) is 5.06. The molecule has 0 saturated carbocycles. The number of rotatable bonds is 3. The Morgan fingerprint density at radius 1 is 1.59 bits per heavy atom. The average Bonchev–Trinajstić information content (AvgIpc) is 2.28. The zero-order chi connectivity index (χ0) is 12.4. The van der Waals surface area contributed by atoms with Crippen LogP contribution in [0.3, 0.4) is 0 Å². The maximum atomic E-state index is 11.8. The lowest BCUT2D eigenvalue weighted by Gasteiger charge is -2.05. The van der Waals surface area contributed by atoms with E-state index in [1.165, 1.54) is 39.2 Å². The second-order valence-electron chi connectivity index (χ2n) is 3.23. The number of nitrogens with zero attached hydrogens (tertiary/aromatic N) is 2. The Bertz CT molecular complexity index is 642. The molecule has 2 aromatic rings. The van der Waals surface area contributed by atoms with Crippen LogP contribution in [0.5, 0.6) is 5.75 Å². The second kappa shape index (κ2) is 5.03. The van der Waals surface area contributed by atoms with Gasteiger partial charge < -0.3 is 5.11 Å². The van der Waals surface area contributed by atoms with E-state index in [1.54, 1.807) is 0 Å². The van der Waals surface area contributed by atoms with Gasteiger partial charge in [-0.2, -0.15) is 0 Å². The van der Waals surface area contributed by atoms with Gasteiger partial charge >= 0.3 is 0 Å². The molecule has 2 heterocycles. The normalized spacial score (nSPS) is 10.6. The molecule has 0 aliphatic rings. The van der Waals surface area contributed by atoms with Crippen molar-refractivity contribution < 1.29 is 5.11 Å². The number of halogens is 1. The number of fused-ring (bicyclic) bond motifs is 1. The van der Waals surface area contributed by atoms with Crippen molar-refractivity contribution in [3.63, 3.8) is 0 Å². The van der Waals surface area contributed by atoms with Crippen LogP contribution in [0.2, 0.25) is 5.02 Å². The Kier molecular flexibility index (Phi) is 3.66. The van der Waals surface area contributed by atoms with Crippen molar-refractivity contribution in [1.82, 2.24) is 9.38 Å². The molecule has 0 radical (unpaired) electrons. The first-order chi connectivity index (χ1) is 8.11. The van der Waals surface area contributed by atoms with Crippen molar-refractivity contribution >= 4 is 45.9 Å². The summed E-state index contributed by atoms with van der Waals surface area (Å²) in [6.45, 7) is 0. The summed E-state index contributed by atoms with van der Waals surface area (Å²) in [7, 11) is 0. The molecule has 0 saturated heterocycles. The summed E-state index contributed by atoms with van der Waals surface area (Å²) in [5, 5.41) is 9.96. The Morgan fingerprint density at radius 2 is 2.35 bits per heavy atom. The molecule has 17 heavy (non-hydrogen) atoms. The summed E-state index contributed by atoms with van der Waals surface area (Å²) in [6, 6.07) is 2.74. The smallest absolute Gasteiger partial charge is 0.258 e. The molecular formula is C10H7ClN2O2S2. The van der Waals surface area contributed by atoms with Gasteiger partial charge in [-0.05, 0) is 0 Å². The fourth-order valence-corrected chi connectivity index (χ4v) is 2.18. The van der Waals surface area contributed by atoms with E-state index in [0.29, 0.717) is 11.4 Å². The Balaban J connectivity index is 2.64. The Hall–Kier alpha value is -1.11. The van der Waals surface area contributed by atoms with Crippen LogP contribution in [0, 0.1) is 0 Å². The zero-order valence-electron chi connectivity index (χ0n) is 8.46. The lowest BCUT2D eigenvalue weighted by atomic mass is 10.4. The molecule has 0 atom stereocenters. The number of hydrogen-bond donors (Lipinski definition) is 1. The van der Waals surface area contributed by atoms with Gasteiger partial charge in [0.25, 0.3) is 5.56 Å². The average molecular weight is 287 g/mol. The molecule has 0 amide bonds. The summed E-state index contributed by atoms with van der Waals surface area (Å²) in [5.41, 5.74) is 0.480. The number of aromatic hydroxyl groups is 1. The van der Waals surface area contributed by atoms with Gasteiger partial charge in [0, 0.05) is 28.8 Å². The maximum absolute atomic E-state index is 11.8. The van der Waals surface area contributed by atoms with E-state index in [-0.39, 0.29) is 22.0 Å². The summed E-state index contributed by atoms with van der Waals surface area (Å²) < 4.78 is 2.72. The summed E-state index contributed by atoms with van der Waals surface area (Å²) in [4.78, 5) is 16.0. The zero-order valence-corrected chi connectivity index (χ0v) is 10.8. The molecule has 0 spiro atoms. The van der Waals surface area contributed by atoms with Crippen molar-refractivity contribution in [3.8, 4) is 5.75 Å². The minimum Gasteiger partial charge on any atom is -0.504 e. The van der Waals surface area contributed by atoms with Crippen molar-refractivity contribution in [1.29, 1.82) is 0 Å². The molecule has 2 aromatic heterocycles. The molecule has 2 rings (SSSR count). The van der Waals surface area contributed by atoms with Crippen LogP contribution in [-0.2, 0) is 5.75 Å². The summed E-state index contributed by atoms with van der Waals surface area (Å²) in [5.74, 6) is 0.376. The highest BCUT2D eigenvalue weighted by Gasteiger charge is 2.07. The van der Waals surface area contributed by atoms with Crippen molar-refractivity contribution in [2.45, 2.75) is 5.75 Å². The van der Waals surface area contributed by atoms with Crippen molar-refractivity contribution in [3.05, 3.63) is 39.4 Å². The van der Waals surface area contributed by atoms with Gasteiger partial charge in [-0.3, -0.25) is 9.20 Å². The Labute approximate surface area is 111 Å². The number of aromatic nitrogens is 2. The monoisotopic (exact) mass is 286 g/mol. The summed E-state index contributed by atoms with van der Waals surface area (Å²) in [6.07, 6.45) is 1.42. The maximum Gasteiger partial charge on any atom is 0.258 e. The van der Waals surface area contributed by atoms with Gasteiger partial charge in [0.15, 0.2) is 11.4 Å². The predicted octanol–water partition coefficient (Wildman–Crippen LogP) is 2.24. The molecule has 0 aromatic carbocycles. The number of pyridine rings is 1. The number of thioether (sulfide) groups is 1. The Morgan fingerprint density at radius 3 is 3.06 bits per heavy atom. The van der Waals surface area contributed by atoms with E-state index in [1.807, 2.05) is 0 Å². The van der Waals surface area contributed by atoms with E-state index >= 15 is 0 Å². The minimum atomic E-state index is -0.284. The lowest BCUT2D eigenvalue weighted by molar-refractivity contribution is 0.476. The van der Waals surface area contributed by atoms with E-state index in [2.05, 4.69) is 17.2 Å². The molecule has 1 N–H and O–H groups in total. The van der Waals surface area contributed by atoms with E-state index in [4.69, 9.17) is 11.6 Å². The lowest BCUT2D eigenvalue weighted by Crippen LogP contribution is -2.15. The molecule has 4 nitrogen and oxygen atoms in total. The van der Waals surface area contributed by atoms with Crippen LogP contribution >= 0.6 is 35.6 Å². The van der Waals surface area contributed by atoms with Crippen LogP contribution in [0.4, 0.5) is 0 Å². The van der Waals surface area contributed by atoms with E-state index in [9.17, 15) is 9.90 Å². The van der Waals surface area contributed by atoms with Gasteiger partial charge in [0.2, 0.25) is 0 Å². The third-order valence-electron chi connectivity index (χ3n) is 2.06. The third kappa shape index (κ3) is 2.59. The first-order valence-electron chi connectivity index (χ1n) is 4.58. The highest BCUT2D eigenvalue weighted by Crippen LogP contribution is 2.20. The van der Waals surface area contributed by atoms with Crippen LogP contribution in [-0.4, -0.2) is 19.2 Å². The van der Waals surface area contributed by atoms with Gasteiger partial charge in [0.05, 0.1) is 10.7 Å². The molecule has 0 unspecified atom stereocenters. The van der Waals surface area contributed by atoms with Crippen LogP contribution in [0.1, 0.15) is 5.69 Å². The van der Waals surface area contributed by atoms with Gasteiger partial charge in [0.1, 0.15) is 0 Å². The standard InChI is InChI=1S/C10H7ClN2O2S2/c11-6-1-8(14)10-12-7(4-17-5-16)2-9(15)13(10)3-6/h1-3,5,14H,4H2. The molecular weight excluding hydrogens is 280 g/mol. The summed E-state index contributed by atoms with van der Waals surface area (Å²) >= 11 is 11.8. The van der Waals surface area contributed by atoms with Gasteiger partial charge in [-0.15, -0.1) is 11.8 Å². The van der Waals surface area contributed by atoms with E-state index in [0.717, 1.165) is 0 Å². The first-order valence-corrected chi connectivity index (χ1v) is 6.47. The van der Waals surface area contributed by atoms with Gasteiger partial charge in [-0.25, -0.2) is 4.98 Å². The molecule has 0 aliphatic carbocycles. The SMILES string of the molecule is O=c1cc(CSC=S)nc2c(O)cc(Cl)cn12. The molecule has 88 valence electrons. The third-order valence-corrected chi connectivity index (χ3v) is 3.27. The quantitative estimate of drug-likeness (QED) is 0.877. The number of hydrogen-bond acceptors (Lipinski definition) is 5. The molecule has 0 fully saturated rings. The fourth-order valence-electron chi connectivity index (χ4n) is 1.39. The fraction of sp³-hybridized carbons (Fsp3) is 0.100. The van der Waals surface area contributed by atoms with E-state index < -0.39 is 0 Å². The highest BCUT2D eigenvalue weighted by atomic mass is 35.5. The van der Waals surface area contributed by atoms with Crippen LogP contribution < -0.4 is 5.56 Å². The highest BCUT2D eigenvalue weighted by molar-refractivity contribution is 8.20. The first kappa shape index (κ1) is 12.3.